The predicted molar refractivity (Wildman–Crippen MR) is 77.9 cm³/mol. The van der Waals surface area contributed by atoms with Crippen LogP contribution in [0.2, 0.25) is 0 Å². The second kappa shape index (κ2) is 6.57. The van der Waals surface area contributed by atoms with E-state index < -0.39 is 0 Å². The molecule has 1 aliphatic heterocycles. The molecule has 1 atom stereocenters. The van der Waals surface area contributed by atoms with Crippen molar-refractivity contribution in [2.75, 3.05) is 6.54 Å². The van der Waals surface area contributed by atoms with Gasteiger partial charge in [0.15, 0.2) is 0 Å². The van der Waals surface area contributed by atoms with E-state index in [9.17, 15) is 9.59 Å². The van der Waals surface area contributed by atoms with Gasteiger partial charge in [-0.2, -0.15) is 0 Å². The highest BCUT2D eigenvalue weighted by Crippen LogP contribution is 2.21. The molecule has 1 aliphatic carbocycles. The second-order valence-corrected chi connectivity index (χ2v) is 6.50. The van der Waals surface area contributed by atoms with Gasteiger partial charge in [-0.1, -0.05) is 13.8 Å². The van der Waals surface area contributed by atoms with E-state index >= 15 is 0 Å². The van der Waals surface area contributed by atoms with Gasteiger partial charge in [0, 0.05) is 25.0 Å². The molecule has 5 heteroatoms. The second-order valence-electron chi connectivity index (χ2n) is 6.50. The average molecular weight is 281 g/mol. The fourth-order valence-electron chi connectivity index (χ4n) is 3.32. The predicted octanol–water partition coefficient (Wildman–Crippen LogP) is 1.02. The lowest BCUT2D eigenvalue weighted by Crippen LogP contribution is -2.53. The van der Waals surface area contributed by atoms with Gasteiger partial charge < -0.3 is 16.0 Å². The summed E-state index contributed by atoms with van der Waals surface area (Å²) in [6, 6.07) is 0.186. The average Bonchev–Trinajstić information content (AvgIpc) is 2.78. The zero-order chi connectivity index (χ0) is 14.7. The molecule has 2 amide bonds. The smallest absolute Gasteiger partial charge is 0.243 e. The van der Waals surface area contributed by atoms with Crippen LogP contribution in [-0.4, -0.2) is 41.4 Å². The molecule has 1 saturated heterocycles. The summed E-state index contributed by atoms with van der Waals surface area (Å²) < 4.78 is 0. The van der Waals surface area contributed by atoms with Crippen molar-refractivity contribution < 1.29 is 9.59 Å². The number of carbonyl (C=O) groups excluding carboxylic acids is 2. The first kappa shape index (κ1) is 15.3. The Hall–Kier alpha value is -1.10. The minimum atomic E-state index is -0.319. The quantitative estimate of drug-likeness (QED) is 0.808. The van der Waals surface area contributed by atoms with E-state index in [2.05, 4.69) is 5.32 Å². The maximum Gasteiger partial charge on any atom is 0.243 e. The molecule has 0 radical (unpaired) electrons. The molecular weight excluding hydrogens is 254 g/mol. The molecule has 2 rings (SSSR count). The van der Waals surface area contributed by atoms with E-state index in [0.29, 0.717) is 13.0 Å². The number of carbonyl (C=O) groups is 2. The van der Waals surface area contributed by atoms with E-state index in [1.165, 1.54) is 0 Å². The Morgan fingerprint density at radius 1 is 1.30 bits per heavy atom. The highest BCUT2D eigenvalue weighted by Gasteiger charge is 2.35. The lowest BCUT2D eigenvalue weighted by atomic mass is 9.91. The zero-order valence-corrected chi connectivity index (χ0v) is 12.6. The monoisotopic (exact) mass is 281 g/mol. The summed E-state index contributed by atoms with van der Waals surface area (Å²) in [5, 5.41) is 3.13. The van der Waals surface area contributed by atoms with Crippen LogP contribution >= 0.6 is 0 Å². The minimum Gasteiger partial charge on any atom is -0.352 e. The lowest BCUT2D eigenvalue weighted by molar-refractivity contribution is -0.139. The Balaban J connectivity index is 1.95. The fraction of sp³-hybridized carbons (Fsp3) is 0.867. The third-order valence-corrected chi connectivity index (χ3v) is 4.46. The van der Waals surface area contributed by atoms with Crippen LogP contribution < -0.4 is 11.1 Å². The van der Waals surface area contributed by atoms with Gasteiger partial charge in [0.1, 0.15) is 6.04 Å². The molecule has 114 valence electrons. The number of hydrogen-bond acceptors (Lipinski definition) is 3. The molecule has 20 heavy (non-hydrogen) atoms. The third kappa shape index (κ3) is 3.51. The number of likely N-dealkylation sites (tertiary alicyclic amines) is 1. The Morgan fingerprint density at radius 3 is 2.45 bits per heavy atom. The molecule has 0 bridgehead atoms. The molecule has 3 N–H and O–H groups in total. The number of rotatable bonds is 4. The molecule has 2 fully saturated rings. The van der Waals surface area contributed by atoms with Gasteiger partial charge in [-0.05, 0) is 38.0 Å². The van der Waals surface area contributed by atoms with E-state index in [1.807, 2.05) is 13.8 Å². The van der Waals surface area contributed by atoms with E-state index in [0.717, 1.165) is 32.1 Å². The Labute approximate surface area is 121 Å². The molecule has 1 unspecified atom stereocenters. The highest BCUT2D eigenvalue weighted by atomic mass is 16.2. The summed E-state index contributed by atoms with van der Waals surface area (Å²) in [5.74, 6) is 0.267. The molecule has 5 nitrogen and oxygen atoms in total. The maximum atomic E-state index is 12.5. The molecule has 0 aromatic rings. The van der Waals surface area contributed by atoms with Gasteiger partial charge in [0.2, 0.25) is 11.8 Å². The van der Waals surface area contributed by atoms with Crippen molar-refractivity contribution in [1.82, 2.24) is 10.2 Å². The first-order valence-corrected chi connectivity index (χ1v) is 7.84. The van der Waals surface area contributed by atoms with Crippen molar-refractivity contribution in [3.05, 3.63) is 0 Å². The van der Waals surface area contributed by atoms with Gasteiger partial charge in [0.25, 0.3) is 0 Å². The number of hydrogen-bond donors (Lipinski definition) is 2. The van der Waals surface area contributed by atoms with Crippen LogP contribution in [0.15, 0.2) is 0 Å². The summed E-state index contributed by atoms with van der Waals surface area (Å²) in [7, 11) is 0. The topological polar surface area (TPSA) is 75.4 Å². The van der Waals surface area contributed by atoms with Gasteiger partial charge in [-0.25, -0.2) is 0 Å². The van der Waals surface area contributed by atoms with E-state index in [-0.39, 0.29) is 35.9 Å². The Kier molecular flexibility index (Phi) is 5.02. The molecule has 2 aliphatic rings. The normalized spacial score (nSPS) is 28.8. The summed E-state index contributed by atoms with van der Waals surface area (Å²) in [5.41, 5.74) is 5.89. The van der Waals surface area contributed by atoms with Crippen molar-refractivity contribution in [1.29, 1.82) is 0 Å². The minimum absolute atomic E-state index is 0.00993. The lowest BCUT2D eigenvalue weighted by Gasteiger charge is -2.33. The fourth-order valence-corrected chi connectivity index (χ4v) is 3.32. The summed E-state index contributed by atoms with van der Waals surface area (Å²) in [6.07, 6.45) is 5.29. The molecule has 1 saturated carbocycles. The maximum absolute atomic E-state index is 12.5. The molecule has 0 aromatic carbocycles. The van der Waals surface area contributed by atoms with Crippen LogP contribution in [0.3, 0.4) is 0 Å². The van der Waals surface area contributed by atoms with Crippen LogP contribution in [0.5, 0.6) is 0 Å². The van der Waals surface area contributed by atoms with Crippen molar-refractivity contribution in [2.24, 2.45) is 11.7 Å². The van der Waals surface area contributed by atoms with Crippen molar-refractivity contribution in [2.45, 2.75) is 70.5 Å². The number of nitrogens with zero attached hydrogens (tertiary/aromatic N) is 1. The van der Waals surface area contributed by atoms with Gasteiger partial charge >= 0.3 is 0 Å². The van der Waals surface area contributed by atoms with Gasteiger partial charge in [-0.3, -0.25) is 9.59 Å². The number of amides is 2. The van der Waals surface area contributed by atoms with Crippen LogP contribution in [-0.2, 0) is 9.59 Å². The Bertz CT molecular complexity index is 362. The van der Waals surface area contributed by atoms with Crippen LogP contribution in [0.4, 0.5) is 0 Å². The standard InChI is InChI=1S/C15H27N3O2/c1-10(2)14(18-9-3-4-13(18)19)15(20)17-12-7-5-11(16)6-8-12/h10-12,14H,3-9,16H2,1-2H3,(H,17,20). The third-order valence-electron chi connectivity index (χ3n) is 4.46. The van der Waals surface area contributed by atoms with Gasteiger partial charge in [-0.15, -0.1) is 0 Å². The first-order chi connectivity index (χ1) is 9.49. The first-order valence-electron chi connectivity index (χ1n) is 7.84. The molecule has 0 aromatic heterocycles. The van der Waals surface area contributed by atoms with Crippen LogP contribution in [0.1, 0.15) is 52.4 Å². The summed E-state index contributed by atoms with van der Waals surface area (Å²) >= 11 is 0. The molecular formula is C15H27N3O2. The van der Waals surface area contributed by atoms with Gasteiger partial charge in [0.05, 0.1) is 0 Å². The van der Waals surface area contributed by atoms with Crippen molar-refractivity contribution in [3.63, 3.8) is 0 Å². The number of nitrogens with two attached hydrogens (primary N) is 1. The zero-order valence-electron chi connectivity index (χ0n) is 12.6. The van der Waals surface area contributed by atoms with Crippen LogP contribution in [0.25, 0.3) is 0 Å². The van der Waals surface area contributed by atoms with Crippen molar-refractivity contribution in [3.8, 4) is 0 Å². The summed E-state index contributed by atoms with van der Waals surface area (Å²) in [4.78, 5) is 26.2. The van der Waals surface area contributed by atoms with E-state index in [4.69, 9.17) is 5.73 Å². The largest absolute Gasteiger partial charge is 0.352 e. The van der Waals surface area contributed by atoms with Crippen molar-refractivity contribution >= 4 is 11.8 Å². The highest BCUT2D eigenvalue weighted by molar-refractivity contribution is 5.88. The van der Waals surface area contributed by atoms with E-state index in [1.54, 1.807) is 4.90 Å². The molecule has 1 heterocycles. The molecule has 0 spiro atoms. The SMILES string of the molecule is CC(C)C(C(=O)NC1CCC(N)CC1)N1CCCC1=O. The van der Waals surface area contributed by atoms with Crippen LogP contribution in [0, 0.1) is 5.92 Å². The number of nitrogens with one attached hydrogen (secondary N) is 1. The summed E-state index contributed by atoms with van der Waals surface area (Å²) in [6.45, 7) is 4.73. The Morgan fingerprint density at radius 2 is 1.95 bits per heavy atom.